The number of rotatable bonds is 9. The van der Waals surface area contributed by atoms with Crippen LogP contribution < -0.4 is 10.2 Å². The quantitative estimate of drug-likeness (QED) is 0.613. The number of halogens is 1. The molecule has 0 spiro atoms. The van der Waals surface area contributed by atoms with Gasteiger partial charge in [-0.05, 0) is 75.3 Å². The van der Waals surface area contributed by atoms with E-state index in [9.17, 15) is 4.79 Å². The van der Waals surface area contributed by atoms with E-state index in [4.69, 9.17) is 16.3 Å². The standard InChI is InChI=1S/C23H36ClN3O2/c1-29-18-2-3-23(28)25-21-8-4-19(5-9-21)12-13-26-14-16-27(17-15-26)22-10-6-20(24)7-11-22/h6-7,10-11,19,21H,2-5,8-9,12-18H2,1H3,(H,25,28). The first kappa shape index (κ1) is 22.4. The summed E-state index contributed by atoms with van der Waals surface area (Å²) < 4.78 is 5.01. The van der Waals surface area contributed by atoms with Crippen LogP contribution >= 0.6 is 11.6 Å². The summed E-state index contributed by atoms with van der Waals surface area (Å²) in [5.41, 5.74) is 1.27. The van der Waals surface area contributed by atoms with Gasteiger partial charge in [0.25, 0.3) is 0 Å². The summed E-state index contributed by atoms with van der Waals surface area (Å²) in [6, 6.07) is 8.56. The second-order valence-electron chi connectivity index (χ2n) is 8.48. The average molecular weight is 422 g/mol. The van der Waals surface area contributed by atoms with Crippen molar-refractivity contribution in [2.45, 2.75) is 51.0 Å². The highest BCUT2D eigenvalue weighted by molar-refractivity contribution is 6.30. The maximum atomic E-state index is 12.0. The van der Waals surface area contributed by atoms with Gasteiger partial charge in [0.05, 0.1) is 0 Å². The molecule has 5 nitrogen and oxygen atoms in total. The third-order valence-corrected chi connectivity index (χ3v) is 6.63. The van der Waals surface area contributed by atoms with E-state index >= 15 is 0 Å². The minimum atomic E-state index is 0.184. The average Bonchev–Trinajstić information content (AvgIpc) is 2.74. The van der Waals surface area contributed by atoms with Crippen LogP contribution in [0.4, 0.5) is 5.69 Å². The molecule has 0 bridgehead atoms. The van der Waals surface area contributed by atoms with Gasteiger partial charge in [-0.25, -0.2) is 0 Å². The van der Waals surface area contributed by atoms with Crippen LogP contribution in [0.25, 0.3) is 0 Å². The van der Waals surface area contributed by atoms with Crippen LogP contribution in [0.3, 0.4) is 0 Å². The number of anilines is 1. The van der Waals surface area contributed by atoms with Crippen LogP contribution in [0.15, 0.2) is 24.3 Å². The Labute approximate surface area is 180 Å². The molecular weight excluding hydrogens is 386 g/mol. The van der Waals surface area contributed by atoms with E-state index < -0.39 is 0 Å². The fraction of sp³-hybridized carbons (Fsp3) is 0.696. The Morgan fingerprint density at radius 1 is 1.10 bits per heavy atom. The van der Waals surface area contributed by atoms with Crippen LogP contribution in [-0.2, 0) is 9.53 Å². The first-order valence-corrected chi connectivity index (χ1v) is 11.5. The number of ether oxygens (including phenoxy) is 1. The molecule has 162 valence electrons. The topological polar surface area (TPSA) is 44.8 Å². The molecule has 1 saturated heterocycles. The summed E-state index contributed by atoms with van der Waals surface area (Å²) in [7, 11) is 1.68. The number of hydrogen-bond donors (Lipinski definition) is 1. The molecular formula is C23H36ClN3O2. The second kappa shape index (κ2) is 11.8. The lowest BCUT2D eigenvalue weighted by Gasteiger charge is -2.37. The number of carbonyl (C=O) groups is 1. The van der Waals surface area contributed by atoms with E-state index in [0.29, 0.717) is 19.1 Å². The molecule has 1 aromatic carbocycles. The van der Waals surface area contributed by atoms with Crippen molar-refractivity contribution in [3.8, 4) is 0 Å². The van der Waals surface area contributed by atoms with Crippen LogP contribution in [0.1, 0.15) is 44.9 Å². The lowest BCUT2D eigenvalue weighted by Crippen LogP contribution is -2.47. The van der Waals surface area contributed by atoms with Gasteiger partial charge in [-0.15, -0.1) is 0 Å². The van der Waals surface area contributed by atoms with Gasteiger partial charge in [-0.2, -0.15) is 0 Å². The van der Waals surface area contributed by atoms with Gasteiger partial charge in [0.2, 0.25) is 5.91 Å². The van der Waals surface area contributed by atoms with E-state index in [1.54, 1.807) is 7.11 Å². The highest BCUT2D eigenvalue weighted by Crippen LogP contribution is 2.27. The molecule has 1 saturated carbocycles. The number of carbonyl (C=O) groups excluding carboxylic acids is 1. The molecule has 1 aliphatic carbocycles. The fourth-order valence-corrected chi connectivity index (χ4v) is 4.65. The maximum absolute atomic E-state index is 12.0. The third kappa shape index (κ3) is 7.47. The molecule has 0 unspecified atom stereocenters. The smallest absolute Gasteiger partial charge is 0.220 e. The van der Waals surface area contributed by atoms with Crippen LogP contribution in [0.5, 0.6) is 0 Å². The van der Waals surface area contributed by atoms with Crippen molar-refractivity contribution >= 4 is 23.2 Å². The minimum Gasteiger partial charge on any atom is -0.385 e. The van der Waals surface area contributed by atoms with E-state index in [2.05, 4.69) is 27.2 Å². The summed E-state index contributed by atoms with van der Waals surface area (Å²) in [6.45, 7) is 6.30. The van der Waals surface area contributed by atoms with Gasteiger partial charge in [0, 0.05) is 63.1 Å². The zero-order chi connectivity index (χ0) is 20.5. The number of amides is 1. The molecule has 2 fully saturated rings. The van der Waals surface area contributed by atoms with Gasteiger partial charge < -0.3 is 15.0 Å². The molecule has 29 heavy (non-hydrogen) atoms. The Morgan fingerprint density at radius 3 is 2.45 bits per heavy atom. The molecule has 0 aromatic heterocycles. The predicted molar refractivity (Wildman–Crippen MR) is 120 cm³/mol. The predicted octanol–water partition coefficient (Wildman–Crippen LogP) is 3.95. The van der Waals surface area contributed by atoms with Crippen LogP contribution in [0, 0.1) is 5.92 Å². The molecule has 1 N–H and O–H groups in total. The number of piperazine rings is 1. The Balaban J connectivity index is 1.28. The number of benzene rings is 1. The number of hydrogen-bond acceptors (Lipinski definition) is 4. The minimum absolute atomic E-state index is 0.184. The Bertz CT molecular complexity index is 609. The number of nitrogens with zero attached hydrogens (tertiary/aromatic N) is 2. The number of nitrogens with one attached hydrogen (secondary N) is 1. The molecule has 0 radical (unpaired) electrons. The molecule has 1 heterocycles. The van der Waals surface area contributed by atoms with Gasteiger partial charge in [0.15, 0.2) is 0 Å². The first-order valence-electron chi connectivity index (χ1n) is 11.1. The van der Waals surface area contributed by atoms with Crippen LogP contribution in [-0.4, -0.2) is 63.3 Å². The maximum Gasteiger partial charge on any atom is 0.220 e. The highest BCUT2D eigenvalue weighted by atomic mass is 35.5. The third-order valence-electron chi connectivity index (χ3n) is 6.38. The molecule has 6 heteroatoms. The van der Waals surface area contributed by atoms with E-state index in [1.165, 1.54) is 31.5 Å². The number of methoxy groups -OCH3 is 1. The normalized spacial score (nSPS) is 23.2. The molecule has 3 rings (SSSR count). The summed E-state index contributed by atoms with van der Waals surface area (Å²) in [5.74, 6) is 0.995. The van der Waals surface area contributed by atoms with Crippen molar-refractivity contribution in [3.63, 3.8) is 0 Å². The Kier molecular flexibility index (Phi) is 9.09. The van der Waals surface area contributed by atoms with Crippen molar-refractivity contribution in [1.29, 1.82) is 0 Å². The summed E-state index contributed by atoms with van der Waals surface area (Å²) in [4.78, 5) is 17.0. The summed E-state index contributed by atoms with van der Waals surface area (Å²) in [6.07, 6.45) is 7.42. The molecule has 1 amide bonds. The van der Waals surface area contributed by atoms with Crippen LogP contribution in [0.2, 0.25) is 5.02 Å². The van der Waals surface area contributed by atoms with Gasteiger partial charge >= 0.3 is 0 Å². The SMILES string of the molecule is COCCCC(=O)NC1CCC(CCN2CCN(c3ccc(Cl)cc3)CC2)CC1. The largest absolute Gasteiger partial charge is 0.385 e. The monoisotopic (exact) mass is 421 g/mol. The summed E-state index contributed by atoms with van der Waals surface area (Å²) >= 11 is 6.00. The van der Waals surface area contributed by atoms with E-state index in [1.807, 2.05) is 12.1 Å². The molecule has 2 aliphatic rings. The molecule has 1 aromatic rings. The first-order chi connectivity index (χ1) is 14.1. The Morgan fingerprint density at radius 2 is 1.79 bits per heavy atom. The van der Waals surface area contributed by atoms with E-state index in [0.717, 1.165) is 56.4 Å². The summed E-state index contributed by atoms with van der Waals surface area (Å²) in [5, 5.41) is 4.01. The molecule has 0 atom stereocenters. The lowest BCUT2D eigenvalue weighted by atomic mass is 9.84. The van der Waals surface area contributed by atoms with Gasteiger partial charge in [-0.1, -0.05) is 11.6 Å². The molecule has 1 aliphatic heterocycles. The fourth-order valence-electron chi connectivity index (χ4n) is 4.52. The van der Waals surface area contributed by atoms with Crippen molar-refractivity contribution < 1.29 is 9.53 Å². The zero-order valence-corrected chi connectivity index (χ0v) is 18.5. The van der Waals surface area contributed by atoms with Crippen molar-refractivity contribution in [2.75, 3.05) is 51.3 Å². The van der Waals surface area contributed by atoms with Crippen molar-refractivity contribution in [2.24, 2.45) is 5.92 Å². The zero-order valence-electron chi connectivity index (χ0n) is 17.7. The van der Waals surface area contributed by atoms with Crippen molar-refractivity contribution in [1.82, 2.24) is 10.2 Å². The highest BCUT2D eigenvalue weighted by Gasteiger charge is 2.24. The lowest BCUT2D eigenvalue weighted by molar-refractivity contribution is -0.122. The van der Waals surface area contributed by atoms with E-state index in [-0.39, 0.29) is 5.91 Å². The second-order valence-corrected chi connectivity index (χ2v) is 8.91. The van der Waals surface area contributed by atoms with Crippen molar-refractivity contribution in [3.05, 3.63) is 29.3 Å². The van der Waals surface area contributed by atoms with Gasteiger partial charge in [0.1, 0.15) is 0 Å². The van der Waals surface area contributed by atoms with Gasteiger partial charge in [-0.3, -0.25) is 9.69 Å². The Hall–Kier alpha value is -1.30.